The lowest BCUT2D eigenvalue weighted by Crippen LogP contribution is -2.40. The summed E-state index contributed by atoms with van der Waals surface area (Å²) in [6.07, 6.45) is 0. The summed E-state index contributed by atoms with van der Waals surface area (Å²) in [7, 11) is 0. The Hall–Kier alpha value is -0.240. The van der Waals surface area contributed by atoms with E-state index < -0.39 is 0 Å². The molecule has 2 aliphatic heterocycles. The van der Waals surface area contributed by atoms with Crippen LogP contribution in [0, 0.1) is 0 Å². The zero-order valence-electron chi connectivity index (χ0n) is 9.60. The highest BCUT2D eigenvalue weighted by atomic mass is 17.2. The molecule has 0 bridgehead atoms. The van der Waals surface area contributed by atoms with Crippen molar-refractivity contribution in [2.75, 3.05) is 66.1 Å². The molecule has 0 aromatic heterocycles. The van der Waals surface area contributed by atoms with Gasteiger partial charge in [0.1, 0.15) is 13.5 Å². The normalized spacial score (nSPS) is 24.8. The van der Waals surface area contributed by atoms with Crippen molar-refractivity contribution in [3.05, 3.63) is 0 Å². The van der Waals surface area contributed by atoms with Gasteiger partial charge in [0.05, 0.1) is 26.4 Å². The molecule has 0 saturated carbocycles. The van der Waals surface area contributed by atoms with Crippen LogP contribution in [0.5, 0.6) is 0 Å². The van der Waals surface area contributed by atoms with Gasteiger partial charge in [-0.25, -0.2) is 9.78 Å². The number of nitrogens with zero attached hydrogens (tertiary/aromatic N) is 2. The molecule has 0 N–H and O–H groups in total. The smallest absolute Gasteiger partial charge is 0.135 e. The summed E-state index contributed by atoms with van der Waals surface area (Å²) in [5.41, 5.74) is 0. The van der Waals surface area contributed by atoms with Crippen LogP contribution in [0.2, 0.25) is 0 Å². The highest BCUT2D eigenvalue weighted by molar-refractivity contribution is 4.57. The molecular formula is C10H20N2O4. The molecule has 0 amide bonds. The lowest BCUT2D eigenvalue weighted by atomic mass is 10.5. The Morgan fingerprint density at radius 2 is 1.06 bits per heavy atom. The quantitative estimate of drug-likeness (QED) is 0.362. The summed E-state index contributed by atoms with van der Waals surface area (Å²) >= 11 is 0. The first-order chi connectivity index (χ1) is 7.95. The van der Waals surface area contributed by atoms with E-state index in [4.69, 9.17) is 19.2 Å². The Kier molecular flexibility index (Phi) is 5.47. The lowest BCUT2D eigenvalue weighted by molar-refractivity contribution is -0.337. The van der Waals surface area contributed by atoms with Gasteiger partial charge in [0.25, 0.3) is 0 Å². The molecule has 6 nitrogen and oxygen atoms in total. The fraction of sp³-hybridized carbons (Fsp3) is 1.00. The van der Waals surface area contributed by atoms with Gasteiger partial charge in [-0.3, -0.25) is 9.80 Å². The summed E-state index contributed by atoms with van der Waals surface area (Å²) in [5, 5.41) is 0. The van der Waals surface area contributed by atoms with Gasteiger partial charge < -0.3 is 9.47 Å². The number of hydrogen-bond acceptors (Lipinski definition) is 6. The van der Waals surface area contributed by atoms with E-state index in [0.29, 0.717) is 13.5 Å². The second kappa shape index (κ2) is 7.16. The summed E-state index contributed by atoms with van der Waals surface area (Å²) in [4.78, 5) is 14.7. The standard InChI is InChI=1S/C10H20N2O4/c1-5-13-6-2-11(1)9-15-16-10-12-3-7-14-8-4-12/h1-10H2. The maximum absolute atomic E-state index is 5.24. The summed E-state index contributed by atoms with van der Waals surface area (Å²) in [5.74, 6) is 0. The van der Waals surface area contributed by atoms with Crippen molar-refractivity contribution < 1.29 is 19.2 Å². The average Bonchev–Trinajstić information content (AvgIpc) is 2.37. The van der Waals surface area contributed by atoms with Gasteiger partial charge in [0.2, 0.25) is 0 Å². The van der Waals surface area contributed by atoms with Crippen molar-refractivity contribution >= 4 is 0 Å². The van der Waals surface area contributed by atoms with Gasteiger partial charge in [0, 0.05) is 26.2 Å². The molecule has 0 aromatic carbocycles. The van der Waals surface area contributed by atoms with Crippen molar-refractivity contribution in [2.24, 2.45) is 0 Å². The summed E-state index contributed by atoms with van der Waals surface area (Å²) < 4.78 is 10.5. The van der Waals surface area contributed by atoms with E-state index in [0.717, 1.165) is 52.6 Å². The van der Waals surface area contributed by atoms with Crippen LogP contribution < -0.4 is 0 Å². The van der Waals surface area contributed by atoms with Crippen LogP contribution in [0.3, 0.4) is 0 Å². The molecule has 0 aliphatic carbocycles. The molecule has 2 rings (SSSR count). The zero-order valence-corrected chi connectivity index (χ0v) is 9.60. The fourth-order valence-electron chi connectivity index (χ4n) is 1.68. The first-order valence-electron chi connectivity index (χ1n) is 5.80. The number of morpholine rings is 2. The third kappa shape index (κ3) is 4.32. The molecule has 0 unspecified atom stereocenters. The van der Waals surface area contributed by atoms with E-state index in [1.807, 2.05) is 0 Å². The van der Waals surface area contributed by atoms with E-state index in [9.17, 15) is 0 Å². The molecule has 0 atom stereocenters. The molecule has 6 heteroatoms. The minimum absolute atomic E-state index is 0.522. The number of ether oxygens (including phenoxy) is 2. The van der Waals surface area contributed by atoms with Crippen molar-refractivity contribution in [1.29, 1.82) is 0 Å². The summed E-state index contributed by atoms with van der Waals surface area (Å²) in [6, 6.07) is 0. The molecule has 2 aliphatic rings. The van der Waals surface area contributed by atoms with Crippen LogP contribution in [0.4, 0.5) is 0 Å². The third-order valence-corrected chi connectivity index (χ3v) is 2.76. The van der Waals surface area contributed by atoms with Gasteiger partial charge in [-0.15, -0.1) is 0 Å². The van der Waals surface area contributed by atoms with E-state index >= 15 is 0 Å². The van der Waals surface area contributed by atoms with E-state index in [-0.39, 0.29) is 0 Å². The Labute approximate surface area is 95.9 Å². The van der Waals surface area contributed by atoms with Crippen LogP contribution in [0.1, 0.15) is 0 Å². The molecule has 2 fully saturated rings. The molecule has 94 valence electrons. The van der Waals surface area contributed by atoms with Gasteiger partial charge in [0.15, 0.2) is 0 Å². The average molecular weight is 232 g/mol. The highest BCUT2D eigenvalue weighted by Gasteiger charge is 2.12. The van der Waals surface area contributed by atoms with Gasteiger partial charge in [-0.05, 0) is 0 Å². The second-order valence-electron chi connectivity index (χ2n) is 3.95. The van der Waals surface area contributed by atoms with Crippen LogP contribution in [-0.4, -0.2) is 75.9 Å². The second-order valence-corrected chi connectivity index (χ2v) is 3.95. The monoisotopic (exact) mass is 232 g/mol. The maximum Gasteiger partial charge on any atom is 0.135 e. The first kappa shape index (κ1) is 12.2. The minimum atomic E-state index is 0.522. The largest absolute Gasteiger partial charge is 0.379 e. The van der Waals surface area contributed by atoms with Gasteiger partial charge >= 0.3 is 0 Å². The SMILES string of the molecule is C1CN(COOCN2CCOCC2)CCO1. The van der Waals surface area contributed by atoms with Gasteiger partial charge in [-0.1, -0.05) is 0 Å². The van der Waals surface area contributed by atoms with Crippen LogP contribution in [0.25, 0.3) is 0 Å². The van der Waals surface area contributed by atoms with E-state index in [1.165, 1.54) is 0 Å². The predicted molar refractivity (Wildman–Crippen MR) is 56.7 cm³/mol. The van der Waals surface area contributed by atoms with Crippen LogP contribution >= 0.6 is 0 Å². The summed E-state index contributed by atoms with van der Waals surface area (Å²) in [6.45, 7) is 7.85. The van der Waals surface area contributed by atoms with Gasteiger partial charge in [-0.2, -0.15) is 0 Å². The van der Waals surface area contributed by atoms with Crippen LogP contribution in [0.15, 0.2) is 0 Å². The maximum atomic E-state index is 5.24. The molecule has 2 saturated heterocycles. The van der Waals surface area contributed by atoms with E-state index in [2.05, 4.69) is 9.80 Å². The third-order valence-electron chi connectivity index (χ3n) is 2.76. The van der Waals surface area contributed by atoms with Crippen molar-refractivity contribution in [3.8, 4) is 0 Å². The molecule has 0 aromatic rings. The Bertz CT molecular complexity index is 162. The molecule has 0 radical (unpaired) electrons. The molecule has 2 heterocycles. The van der Waals surface area contributed by atoms with E-state index in [1.54, 1.807) is 0 Å². The molecule has 16 heavy (non-hydrogen) atoms. The minimum Gasteiger partial charge on any atom is -0.379 e. The molecule has 0 spiro atoms. The Morgan fingerprint density at radius 3 is 1.44 bits per heavy atom. The van der Waals surface area contributed by atoms with Crippen LogP contribution in [-0.2, 0) is 19.2 Å². The Morgan fingerprint density at radius 1 is 0.688 bits per heavy atom. The zero-order chi connectivity index (χ0) is 11.1. The Balaban J connectivity index is 1.47. The number of hydrogen-bond donors (Lipinski definition) is 0. The van der Waals surface area contributed by atoms with Crippen molar-refractivity contribution in [1.82, 2.24) is 9.80 Å². The molecular weight excluding hydrogens is 212 g/mol. The topological polar surface area (TPSA) is 43.4 Å². The first-order valence-corrected chi connectivity index (χ1v) is 5.80. The van der Waals surface area contributed by atoms with Crippen molar-refractivity contribution in [3.63, 3.8) is 0 Å². The number of rotatable bonds is 5. The lowest BCUT2D eigenvalue weighted by Gasteiger charge is -2.27. The highest BCUT2D eigenvalue weighted by Crippen LogP contribution is 1.99. The van der Waals surface area contributed by atoms with Crippen molar-refractivity contribution in [2.45, 2.75) is 0 Å². The predicted octanol–water partition coefficient (Wildman–Crippen LogP) is -0.486. The fourth-order valence-corrected chi connectivity index (χ4v) is 1.68.